The Hall–Kier alpha value is -3.45. The van der Waals surface area contributed by atoms with Crippen molar-refractivity contribution in [3.05, 3.63) is 76.7 Å². The fraction of sp³-hybridized carbons (Fsp3) is 0.280. The van der Waals surface area contributed by atoms with Crippen LogP contribution in [0.5, 0.6) is 0 Å². The zero-order valence-electron chi connectivity index (χ0n) is 18.2. The SMILES string of the molecule is Cc1cc(/C(O)=C2\C(=O)C(=O)N(CCOC(C)C)C2c2c[nH]c3ccccc23)ccc1F. The number of aromatic amines is 1. The standard InChI is InChI=1S/C25H25FN2O4/c1-14(2)32-11-10-28-22(18-13-27-20-7-5-4-6-17(18)20)21(24(30)25(28)31)23(29)16-8-9-19(26)15(3)12-16/h4-9,12-14,22,27,29H,10-11H2,1-3H3/b23-21+. The third kappa shape index (κ3) is 3.80. The maximum absolute atomic E-state index is 13.8. The average Bonchev–Trinajstić information content (AvgIpc) is 3.29. The van der Waals surface area contributed by atoms with Crippen molar-refractivity contribution in [1.82, 2.24) is 9.88 Å². The molecule has 166 valence electrons. The van der Waals surface area contributed by atoms with Gasteiger partial charge in [0.15, 0.2) is 0 Å². The highest BCUT2D eigenvalue weighted by molar-refractivity contribution is 6.46. The Balaban J connectivity index is 1.87. The molecule has 2 heterocycles. The number of Topliss-reactive ketones (excluding diaryl/α,β-unsaturated/α-hetero) is 1. The lowest BCUT2D eigenvalue weighted by atomic mass is 9.94. The van der Waals surface area contributed by atoms with Crippen molar-refractivity contribution in [3.8, 4) is 0 Å². The third-order valence-corrected chi connectivity index (χ3v) is 5.67. The molecule has 0 bridgehead atoms. The van der Waals surface area contributed by atoms with Crippen LogP contribution in [-0.4, -0.2) is 45.9 Å². The number of nitrogens with one attached hydrogen (secondary N) is 1. The molecule has 1 fully saturated rings. The number of benzene rings is 2. The number of fused-ring (bicyclic) bond motifs is 1. The summed E-state index contributed by atoms with van der Waals surface area (Å²) < 4.78 is 19.4. The van der Waals surface area contributed by atoms with Crippen LogP contribution in [0.1, 0.15) is 36.6 Å². The molecule has 0 radical (unpaired) electrons. The summed E-state index contributed by atoms with van der Waals surface area (Å²) in [6, 6.07) is 10.9. The molecule has 0 spiro atoms. The Morgan fingerprint density at radius 3 is 2.69 bits per heavy atom. The number of rotatable bonds is 6. The van der Waals surface area contributed by atoms with E-state index in [0.29, 0.717) is 11.1 Å². The second-order valence-electron chi connectivity index (χ2n) is 8.17. The summed E-state index contributed by atoms with van der Waals surface area (Å²) in [7, 11) is 0. The van der Waals surface area contributed by atoms with Crippen LogP contribution in [0.3, 0.4) is 0 Å². The summed E-state index contributed by atoms with van der Waals surface area (Å²) in [5.74, 6) is -2.22. The van der Waals surface area contributed by atoms with Crippen molar-refractivity contribution in [2.45, 2.75) is 32.9 Å². The predicted molar refractivity (Wildman–Crippen MR) is 120 cm³/mol. The molecule has 1 saturated heterocycles. The summed E-state index contributed by atoms with van der Waals surface area (Å²) in [4.78, 5) is 30.7. The molecular weight excluding hydrogens is 411 g/mol. The molecule has 1 unspecified atom stereocenters. The van der Waals surface area contributed by atoms with Crippen LogP contribution >= 0.6 is 0 Å². The van der Waals surface area contributed by atoms with Crippen LogP contribution in [0.25, 0.3) is 16.7 Å². The zero-order chi connectivity index (χ0) is 23.0. The molecule has 2 aromatic carbocycles. The molecule has 0 aliphatic carbocycles. The molecule has 1 atom stereocenters. The van der Waals surface area contributed by atoms with Crippen molar-refractivity contribution >= 4 is 28.4 Å². The number of likely N-dealkylation sites (tertiary alicyclic amines) is 1. The van der Waals surface area contributed by atoms with E-state index in [1.807, 2.05) is 38.1 Å². The first-order valence-electron chi connectivity index (χ1n) is 10.5. The second kappa shape index (κ2) is 8.59. The van der Waals surface area contributed by atoms with Crippen molar-refractivity contribution < 1.29 is 23.8 Å². The van der Waals surface area contributed by atoms with E-state index in [9.17, 15) is 19.1 Å². The molecule has 1 aliphatic rings. The highest BCUT2D eigenvalue weighted by Crippen LogP contribution is 2.41. The van der Waals surface area contributed by atoms with Gasteiger partial charge in [0.25, 0.3) is 11.7 Å². The Morgan fingerprint density at radius 2 is 1.97 bits per heavy atom. The van der Waals surface area contributed by atoms with Gasteiger partial charge in [0.1, 0.15) is 11.6 Å². The number of H-pyrrole nitrogens is 1. The molecule has 0 saturated carbocycles. The van der Waals surface area contributed by atoms with Crippen LogP contribution in [0.2, 0.25) is 0 Å². The smallest absolute Gasteiger partial charge is 0.295 e. The fourth-order valence-electron chi connectivity index (χ4n) is 4.09. The summed E-state index contributed by atoms with van der Waals surface area (Å²) in [6.07, 6.45) is 1.72. The maximum atomic E-state index is 13.8. The van der Waals surface area contributed by atoms with Gasteiger partial charge >= 0.3 is 0 Å². The number of nitrogens with zero attached hydrogens (tertiary/aromatic N) is 1. The lowest BCUT2D eigenvalue weighted by Gasteiger charge is -2.25. The molecule has 1 aromatic heterocycles. The van der Waals surface area contributed by atoms with E-state index in [2.05, 4.69) is 4.98 Å². The molecule has 3 aromatic rings. The first-order chi connectivity index (χ1) is 15.3. The number of hydrogen-bond donors (Lipinski definition) is 2. The largest absolute Gasteiger partial charge is 0.507 e. The van der Waals surface area contributed by atoms with Crippen LogP contribution in [0.15, 0.2) is 54.2 Å². The molecule has 2 N–H and O–H groups in total. The summed E-state index contributed by atoms with van der Waals surface area (Å²) >= 11 is 0. The molecule has 4 rings (SSSR count). The van der Waals surface area contributed by atoms with Gasteiger partial charge in [-0.1, -0.05) is 18.2 Å². The van der Waals surface area contributed by atoms with Crippen LogP contribution in [0.4, 0.5) is 4.39 Å². The van der Waals surface area contributed by atoms with Crippen molar-refractivity contribution in [2.24, 2.45) is 0 Å². The molecule has 6 nitrogen and oxygen atoms in total. The lowest BCUT2D eigenvalue weighted by molar-refractivity contribution is -0.140. The van der Waals surface area contributed by atoms with Gasteiger partial charge in [0.05, 0.1) is 24.3 Å². The first kappa shape index (κ1) is 21.8. The number of para-hydroxylation sites is 1. The van der Waals surface area contributed by atoms with Crippen molar-refractivity contribution in [3.63, 3.8) is 0 Å². The number of ketones is 1. The maximum Gasteiger partial charge on any atom is 0.295 e. The van der Waals surface area contributed by atoms with Gasteiger partial charge in [-0.05, 0) is 50.6 Å². The van der Waals surface area contributed by atoms with E-state index >= 15 is 0 Å². The van der Waals surface area contributed by atoms with E-state index < -0.39 is 23.5 Å². The molecule has 7 heteroatoms. The number of aliphatic hydroxyl groups is 1. The Bertz CT molecular complexity index is 1230. The van der Waals surface area contributed by atoms with Gasteiger partial charge in [-0.25, -0.2) is 4.39 Å². The van der Waals surface area contributed by atoms with E-state index in [1.165, 1.54) is 23.1 Å². The van der Waals surface area contributed by atoms with Gasteiger partial charge in [0, 0.05) is 34.8 Å². The number of aromatic nitrogens is 1. The quantitative estimate of drug-likeness (QED) is 0.340. The minimum absolute atomic E-state index is 0.0182. The fourth-order valence-corrected chi connectivity index (χ4v) is 4.09. The van der Waals surface area contributed by atoms with Crippen LogP contribution in [0, 0.1) is 12.7 Å². The van der Waals surface area contributed by atoms with Gasteiger partial charge in [0.2, 0.25) is 0 Å². The molecular formula is C25H25FN2O4. The third-order valence-electron chi connectivity index (χ3n) is 5.67. The topological polar surface area (TPSA) is 82.6 Å². The summed E-state index contributed by atoms with van der Waals surface area (Å²) in [5, 5.41) is 12.0. The Morgan fingerprint density at radius 1 is 1.22 bits per heavy atom. The van der Waals surface area contributed by atoms with E-state index in [4.69, 9.17) is 4.74 Å². The second-order valence-corrected chi connectivity index (χ2v) is 8.17. The minimum Gasteiger partial charge on any atom is -0.507 e. The number of amides is 1. The summed E-state index contributed by atoms with van der Waals surface area (Å²) in [6.45, 7) is 5.79. The van der Waals surface area contributed by atoms with Crippen LogP contribution in [-0.2, 0) is 14.3 Å². The van der Waals surface area contributed by atoms with Gasteiger partial charge in [-0.2, -0.15) is 0 Å². The van der Waals surface area contributed by atoms with Gasteiger partial charge in [-0.3, -0.25) is 9.59 Å². The molecule has 1 amide bonds. The number of hydrogen-bond acceptors (Lipinski definition) is 4. The van der Waals surface area contributed by atoms with Crippen LogP contribution < -0.4 is 0 Å². The molecule has 32 heavy (non-hydrogen) atoms. The van der Waals surface area contributed by atoms with Crippen molar-refractivity contribution in [2.75, 3.05) is 13.2 Å². The predicted octanol–water partition coefficient (Wildman–Crippen LogP) is 4.46. The van der Waals surface area contributed by atoms with E-state index in [-0.39, 0.29) is 36.2 Å². The Labute approximate surface area is 185 Å². The number of aryl methyl sites for hydroxylation is 1. The monoisotopic (exact) mass is 436 g/mol. The number of carbonyl (C=O) groups is 2. The minimum atomic E-state index is -0.799. The summed E-state index contributed by atoms with van der Waals surface area (Å²) in [5.41, 5.74) is 2.15. The normalized spacial score (nSPS) is 18.3. The van der Waals surface area contributed by atoms with Crippen molar-refractivity contribution in [1.29, 1.82) is 0 Å². The van der Waals surface area contributed by atoms with E-state index in [0.717, 1.165) is 10.9 Å². The number of halogens is 1. The number of carbonyl (C=O) groups excluding carboxylic acids is 2. The first-order valence-corrected chi connectivity index (χ1v) is 10.5. The number of aliphatic hydroxyl groups excluding tert-OH is 1. The highest BCUT2D eigenvalue weighted by atomic mass is 19.1. The van der Waals surface area contributed by atoms with Gasteiger partial charge in [-0.15, -0.1) is 0 Å². The zero-order valence-corrected chi connectivity index (χ0v) is 18.2. The Kier molecular flexibility index (Phi) is 5.84. The number of ether oxygens (including phenoxy) is 1. The average molecular weight is 436 g/mol. The lowest BCUT2D eigenvalue weighted by Crippen LogP contribution is -2.33. The van der Waals surface area contributed by atoms with E-state index in [1.54, 1.807) is 13.1 Å². The van der Waals surface area contributed by atoms with Gasteiger partial charge < -0.3 is 19.7 Å². The molecule has 1 aliphatic heterocycles. The highest BCUT2D eigenvalue weighted by Gasteiger charge is 2.46.